The molecule has 2 aromatic rings. The van der Waals surface area contributed by atoms with Gasteiger partial charge in [0.15, 0.2) is 0 Å². The first-order chi connectivity index (χ1) is 10.2. The van der Waals surface area contributed by atoms with Gasteiger partial charge in [-0.25, -0.2) is 9.97 Å². The normalized spacial score (nSPS) is 15.4. The topological polar surface area (TPSA) is 70.2 Å². The number of aromatic nitrogens is 2. The van der Waals surface area contributed by atoms with Crippen LogP contribution in [0, 0.1) is 13.8 Å². The Morgan fingerprint density at radius 2 is 2.14 bits per heavy atom. The van der Waals surface area contributed by atoms with E-state index in [0.717, 1.165) is 42.2 Å². The second kappa shape index (κ2) is 5.95. The number of hydrogen-bond acceptors (Lipinski definition) is 6. The van der Waals surface area contributed by atoms with Crippen LogP contribution in [0.5, 0.6) is 0 Å². The van der Waals surface area contributed by atoms with Crippen molar-refractivity contribution in [2.75, 3.05) is 38.0 Å². The van der Waals surface area contributed by atoms with Crippen molar-refractivity contribution in [1.29, 1.82) is 0 Å². The Labute approximate surface area is 127 Å². The van der Waals surface area contributed by atoms with Crippen LogP contribution in [-0.4, -0.2) is 53.5 Å². The Bertz CT molecular complexity index is 663. The predicted molar refractivity (Wildman–Crippen MR) is 84.8 cm³/mol. The highest BCUT2D eigenvalue weighted by atomic mass is 32.1. The molecule has 1 aliphatic rings. The van der Waals surface area contributed by atoms with Crippen LogP contribution in [0.25, 0.3) is 10.2 Å². The molecule has 1 amide bonds. The molecule has 6 nitrogen and oxygen atoms in total. The molecule has 0 unspecified atom stereocenters. The van der Waals surface area contributed by atoms with Crippen LogP contribution in [-0.2, 0) is 4.79 Å². The number of piperazine rings is 1. The highest BCUT2D eigenvalue weighted by molar-refractivity contribution is 7.18. The molecule has 0 aromatic carbocycles. The standard InChI is InChI=1S/C14H19N5OS/c1-9-10(2)21-14-12(9)13(17-8-18-14)16-7-11(20)19-5-3-15-4-6-19/h8,15H,3-7H2,1-2H3,(H,16,17,18). The van der Waals surface area contributed by atoms with E-state index in [1.165, 1.54) is 10.4 Å². The van der Waals surface area contributed by atoms with Crippen LogP contribution in [0.15, 0.2) is 6.33 Å². The Kier molecular flexibility index (Phi) is 4.03. The van der Waals surface area contributed by atoms with Crippen molar-refractivity contribution in [2.24, 2.45) is 0 Å². The number of fused-ring (bicyclic) bond motifs is 1. The van der Waals surface area contributed by atoms with Crippen molar-refractivity contribution in [2.45, 2.75) is 13.8 Å². The van der Waals surface area contributed by atoms with Gasteiger partial charge in [-0.1, -0.05) is 0 Å². The third kappa shape index (κ3) is 2.84. The highest BCUT2D eigenvalue weighted by Gasteiger charge is 2.17. The number of carbonyl (C=O) groups is 1. The molecule has 2 aromatic heterocycles. The van der Waals surface area contributed by atoms with Crippen LogP contribution in [0.1, 0.15) is 10.4 Å². The molecule has 3 rings (SSSR count). The van der Waals surface area contributed by atoms with Crippen molar-refractivity contribution >= 4 is 33.3 Å². The minimum atomic E-state index is 0.118. The Morgan fingerprint density at radius 3 is 2.90 bits per heavy atom. The minimum Gasteiger partial charge on any atom is -0.360 e. The molecular formula is C14H19N5OS. The number of nitrogens with one attached hydrogen (secondary N) is 2. The molecule has 0 aliphatic carbocycles. The fourth-order valence-electron chi connectivity index (χ4n) is 2.50. The minimum absolute atomic E-state index is 0.118. The van der Waals surface area contributed by atoms with Gasteiger partial charge in [-0.2, -0.15) is 0 Å². The quantitative estimate of drug-likeness (QED) is 0.890. The molecule has 1 saturated heterocycles. The van der Waals surface area contributed by atoms with Crippen molar-refractivity contribution < 1.29 is 4.79 Å². The van der Waals surface area contributed by atoms with Gasteiger partial charge in [0, 0.05) is 31.1 Å². The molecule has 112 valence electrons. The fourth-order valence-corrected chi connectivity index (χ4v) is 3.50. The van der Waals surface area contributed by atoms with Crippen LogP contribution >= 0.6 is 11.3 Å². The molecule has 7 heteroatoms. The smallest absolute Gasteiger partial charge is 0.242 e. The second-order valence-corrected chi connectivity index (χ2v) is 6.37. The lowest BCUT2D eigenvalue weighted by Crippen LogP contribution is -2.48. The van der Waals surface area contributed by atoms with Crippen LogP contribution in [0.4, 0.5) is 5.82 Å². The third-order valence-corrected chi connectivity index (χ3v) is 4.96. The molecule has 1 aliphatic heterocycles. The number of aryl methyl sites for hydroxylation is 2. The molecule has 0 radical (unpaired) electrons. The number of amides is 1. The van der Waals surface area contributed by atoms with Gasteiger partial charge in [0.1, 0.15) is 17.0 Å². The Hall–Kier alpha value is -1.73. The number of carbonyl (C=O) groups excluding carboxylic acids is 1. The van der Waals surface area contributed by atoms with E-state index in [1.54, 1.807) is 17.7 Å². The number of anilines is 1. The molecule has 0 spiro atoms. The summed E-state index contributed by atoms with van der Waals surface area (Å²) >= 11 is 1.66. The van der Waals surface area contributed by atoms with Gasteiger partial charge in [-0.3, -0.25) is 4.79 Å². The van der Waals surface area contributed by atoms with Crippen molar-refractivity contribution in [3.8, 4) is 0 Å². The van der Waals surface area contributed by atoms with Crippen LogP contribution in [0.2, 0.25) is 0 Å². The van der Waals surface area contributed by atoms with Gasteiger partial charge in [-0.15, -0.1) is 11.3 Å². The van der Waals surface area contributed by atoms with Crippen molar-refractivity contribution in [3.63, 3.8) is 0 Å². The van der Waals surface area contributed by atoms with Crippen molar-refractivity contribution in [3.05, 3.63) is 16.8 Å². The molecule has 0 bridgehead atoms. The van der Waals surface area contributed by atoms with Gasteiger partial charge in [0.25, 0.3) is 0 Å². The lowest BCUT2D eigenvalue weighted by Gasteiger charge is -2.27. The van der Waals surface area contributed by atoms with E-state index in [1.807, 2.05) is 4.90 Å². The maximum absolute atomic E-state index is 12.2. The Morgan fingerprint density at radius 1 is 1.38 bits per heavy atom. The zero-order valence-corrected chi connectivity index (χ0v) is 13.1. The zero-order valence-electron chi connectivity index (χ0n) is 12.3. The molecule has 3 heterocycles. The molecule has 1 fully saturated rings. The summed E-state index contributed by atoms with van der Waals surface area (Å²) in [6.45, 7) is 7.71. The first-order valence-corrected chi connectivity index (χ1v) is 7.91. The first-order valence-electron chi connectivity index (χ1n) is 7.10. The van der Waals surface area contributed by atoms with Gasteiger partial charge in [-0.05, 0) is 19.4 Å². The van der Waals surface area contributed by atoms with E-state index < -0.39 is 0 Å². The molecule has 0 saturated carbocycles. The summed E-state index contributed by atoms with van der Waals surface area (Å²) in [5.41, 5.74) is 1.19. The predicted octanol–water partition coefficient (Wildman–Crippen LogP) is 1.15. The number of thiophene rings is 1. The average molecular weight is 305 g/mol. The summed E-state index contributed by atoms with van der Waals surface area (Å²) in [4.78, 5) is 24.9. The van der Waals surface area contributed by atoms with E-state index in [2.05, 4.69) is 34.4 Å². The monoisotopic (exact) mass is 305 g/mol. The maximum Gasteiger partial charge on any atom is 0.242 e. The third-order valence-electron chi connectivity index (χ3n) is 3.84. The van der Waals surface area contributed by atoms with E-state index in [-0.39, 0.29) is 12.5 Å². The molecular weight excluding hydrogens is 286 g/mol. The maximum atomic E-state index is 12.2. The number of rotatable bonds is 3. The van der Waals surface area contributed by atoms with Gasteiger partial charge in [0.2, 0.25) is 5.91 Å². The van der Waals surface area contributed by atoms with Crippen molar-refractivity contribution in [1.82, 2.24) is 20.2 Å². The van der Waals surface area contributed by atoms with E-state index in [9.17, 15) is 4.79 Å². The lowest BCUT2D eigenvalue weighted by atomic mass is 10.2. The van der Waals surface area contributed by atoms with E-state index in [4.69, 9.17) is 0 Å². The summed E-state index contributed by atoms with van der Waals surface area (Å²) in [5.74, 6) is 0.873. The number of nitrogens with zero attached hydrogens (tertiary/aromatic N) is 3. The van der Waals surface area contributed by atoms with E-state index >= 15 is 0 Å². The first kappa shape index (κ1) is 14.2. The zero-order chi connectivity index (χ0) is 14.8. The summed E-state index contributed by atoms with van der Waals surface area (Å²) in [7, 11) is 0. The summed E-state index contributed by atoms with van der Waals surface area (Å²) < 4.78 is 0. The van der Waals surface area contributed by atoms with Crippen LogP contribution < -0.4 is 10.6 Å². The molecule has 0 atom stereocenters. The van der Waals surface area contributed by atoms with Gasteiger partial charge in [0.05, 0.1) is 11.9 Å². The van der Waals surface area contributed by atoms with Gasteiger partial charge < -0.3 is 15.5 Å². The lowest BCUT2D eigenvalue weighted by molar-refractivity contribution is -0.129. The summed E-state index contributed by atoms with van der Waals surface area (Å²) in [6.07, 6.45) is 1.55. The molecule has 2 N–H and O–H groups in total. The SMILES string of the molecule is Cc1sc2ncnc(NCC(=O)N3CCNCC3)c2c1C. The summed E-state index contributed by atoms with van der Waals surface area (Å²) in [5, 5.41) is 7.46. The Balaban J connectivity index is 1.74. The highest BCUT2D eigenvalue weighted by Crippen LogP contribution is 2.32. The van der Waals surface area contributed by atoms with E-state index in [0.29, 0.717) is 0 Å². The largest absolute Gasteiger partial charge is 0.360 e. The second-order valence-electron chi connectivity index (χ2n) is 5.17. The average Bonchev–Trinajstić information content (AvgIpc) is 2.81. The fraction of sp³-hybridized carbons (Fsp3) is 0.500. The van der Waals surface area contributed by atoms with Gasteiger partial charge >= 0.3 is 0 Å². The number of hydrogen-bond donors (Lipinski definition) is 2. The van der Waals surface area contributed by atoms with Crippen LogP contribution in [0.3, 0.4) is 0 Å². The molecule has 21 heavy (non-hydrogen) atoms. The summed E-state index contributed by atoms with van der Waals surface area (Å²) in [6, 6.07) is 0.